The molecule has 34 heavy (non-hydrogen) atoms. The van der Waals surface area contributed by atoms with Crippen molar-refractivity contribution in [2.75, 3.05) is 36.4 Å². The molecule has 1 aliphatic rings. The molecule has 1 aliphatic heterocycles. The normalized spacial score (nSPS) is 13.7. The maximum absolute atomic E-state index is 13.8. The van der Waals surface area contributed by atoms with Gasteiger partial charge in [-0.25, -0.2) is 9.37 Å². The first-order valence-electron chi connectivity index (χ1n) is 11.1. The summed E-state index contributed by atoms with van der Waals surface area (Å²) in [5.74, 6) is -0.287. The SMILES string of the molecule is O=C(Nc1ccc(N2CCN(C(=O)c3cccc4ccccc34)CC2)nc1)c1ccccc1F. The lowest BCUT2D eigenvalue weighted by molar-refractivity contribution is 0.0748. The van der Waals surface area contributed by atoms with Crippen molar-refractivity contribution in [1.29, 1.82) is 0 Å². The molecule has 0 aliphatic carbocycles. The molecule has 0 radical (unpaired) electrons. The quantitative estimate of drug-likeness (QED) is 0.490. The lowest BCUT2D eigenvalue weighted by Gasteiger charge is -2.35. The second-order valence-corrected chi connectivity index (χ2v) is 8.15. The molecule has 0 atom stereocenters. The van der Waals surface area contributed by atoms with Crippen LogP contribution < -0.4 is 10.2 Å². The number of carbonyl (C=O) groups excluding carboxylic acids is 2. The largest absolute Gasteiger partial charge is 0.353 e. The summed E-state index contributed by atoms with van der Waals surface area (Å²) < 4.78 is 13.8. The van der Waals surface area contributed by atoms with Crippen LogP contribution in [0, 0.1) is 5.82 Å². The molecule has 7 heteroatoms. The van der Waals surface area contributed by atoms with Crippen LogP contribution in [0.2, 0.25) is 0 Å². The Hall–Kier alpha value is -4.26. The number of aromatic nitrogens is 1. The highest BCUT2D eigenvalue weighted by atomic mass is 19.1. The topological polar surface area (TPSA) is 65.5 Å². The van der Waals surface area contributed by atoms with Gasteiger partial charge in [0, 0.05) is 31.7 Å². The second kappa shape index (κ2) is 9.31. The lowest BCUT2D eigenvalue weighted by atomic mass is 10.0. The number of benzene rings is 3. The minimum absolute atomic E-state index is 0.0152. The van der Waals surface area contributed by atoms with Crippen molar-refractivity contribution in [3.8, 4) is 0 Å². The number of halogens is 1. The van der Waals surface area contributed by atoms with Crippen molar-refractivity contribution >= 4 is 34.1 Å². The number of anilines is 2. The molecule has 4 aromatic rings. The maximum Gasteiger partial charge on any atom is 0.258 e. The van der Waals surface area contributed by atoms with Crippen LogP contribution >= 0.6 is 0 Å². The van der Waals surface area contributed by atoms with E-state index in [0.29, 0.717) is 31.9 Å². The van der Waals surface area contributed by atoms with Gasteiger partial charge in [-0.3, -0.25) is 9.59 Å². The van der Waals surface area contributed by atoms with Crippen LogP contribution in [-0.4, -0.2) is 47.9 Å². The van der Waals surface area contributed by atoms with Crippen molar-refractivity contribution in [3.63, 3.8) is 0 Å². The van der Waals surface area contributed by atoms with Gasteiger partial charge in [0.2, 0.25) is 0 Å². The average molecular weight is 455 g/mol. The van der Waals surface area contributed by atoms with E-state index in [9.17, 15) is 14.0 Å². The first-order valence-corrected chi connectivity index (χ1v) is 11.1. The fraction of sp³-hybridized carbons (Fsp3) is 0.148. The summed E-state index contributed by atoms with van der Waals surface area (Å²) in [6.45, 7) is 2.50. The predicted molar refractivity (Wildman–Crippen MR) is 131 cm³/mol. The lowest BCUT2D eigenvalue weighted by Crippen LogP contribution is -2.49. The monoisotopic (exact) mass is 454 g/mol. The Balaban J connectivity index is 1.21. The molecule has 0 saturated carbocycles. The standard InChI is InChI=1S/C27H23FN4O2/c28-24-11-4-3-9-23(24)26(33)30-20-12-13-25(29-18-20)31-14-16-32(17-15-31)27(34)22-10-5-7-19-6-1-2-8-21(19)22/h1-13,18H,14-17H2,(H,30,33). The smallest absolute Gasteiger partial charge is 0.258 e. The zero-order valence-corrected chi connectivity index (χ0v) is 18.4. The van der Waals surface area contributed by atoms with Gasteiger partial charge < -0.3 is 15.1 Å². The number of carbonyl (C=O) groups is 2. The molecule has 170 valence electrons. The molecule has 3 aromatic carbocycles. The number of rotatable bonds is 4. The summed E-state index contributed by atoms with van der Waals surface area (Å²) in [5.41, 5.74) is 1.19. The molecular weight excluding hydrogens is 431 g/mol. The number of amides is 2. The van der Waals surface area contributed by atoms with Crippen molar-refractivity contribution in [1.82, 2.24) is 9.88 Å². The van der Waals surface area contributed by atoms with Gasteiger partial charge in [-0.15, -0.1) is 0 Å². The highest BCUT2D eigenvalue weighted by molar-refractivity contribution is 6.07. The van der Waals surface area contributed by atoms with E-state index in [1.54, 1.807) is 18.3 Å². The molecule has 2 amide bonds. The summed E-state index contributed by atoms with van der Waals surface area (Å²) in [5, 5.41) is 4.69. The Bertz CT molecular complexity index is 1340. The van der Waals surface area contributed by atoms with Gasteiger partial charge in [-0.05, 0) is 41.1 Å². The predicted octanol–water partition coefficient (Wildman–Crippen LogP) is 4.59. The minimum Gasteiger partial charge on any atom is -0.353 e. The van der Waals surface area contributed by atoms with Crippen molar-refractivity contribution < 1.29 is 14.0 Å². The second-order valence-electron chi connectivity index (χ2n) is 8.15. The third kappa shape index (κ3) is 4.32. The van der Waals surface area contributed by atoms with E-state index in [-0.39, 0.29) is 11.5 Å². The Morgan fingerprint density at radius 3 is 2.26 bits per heavy atom. The average Bonchev–Trinajstić information content (AvgIpc) is 2.89. The molecule has 1 N–H and O–H groups in total. The summed E-state index contributed by atoms with van der Waals surface area (Å²) in [7, 11) is 0. The minimum atomic E-state index is -0.569. The van der Waals surface area contributed by atoms with Crippen LogP contribution in [-0.2, 0) is 0 Å². The van der Waals surface area contributed by atoms with E-state index in [4.69, 9.17) is 0 Å². The van der Waals surface area contributed by atoms with E-state index in [0.717, 1.165) is 22.2 Å². The van der Waals surface area contributed by atoms with Crippen molar-refractivity contribution in [3.05, 3.63) is 102 Å². The molecular formula is C27H23FN4O2. The molecule has 1 fully saturated rings. The van der Waals surface area contributed by atoms with Gasteiger partial charge in [0.05, 0.1) is 17.4 Å². The van der Waals surface area contributed by atoms with E-state index in [1.165, 1.54) is 18.2 Å². The van der Waals surface area contributed by atoms with Crippen LogP contribution in [0.4, 0.5) is 15.9 Å². The number of fused-ring (bicyclic) bond motifs is 1. The zero-order valence-electron chi connectivity index (χ0n) is 18.4. The number of hydrogen-bond donors (Lipinski definition) is 1. The highest BCUT2D eigenvalue weighted by Crippen LogP contribution is 2.22. The summed E-state index contributed by atoms with van der Waals surface area (Å²) >= 11 is 0. The summed E-state index contributed by atoms with van der Waals surface area (Å²) in [4.78, 5) is 33.9. The van der Waals surface area contributed by atoms with Gasteiger partial charge in [0.15, 0.2) is 0 Å². The molecule has 6 nitrogen and oxygen atoms in total. The number of nitrogens with one attached hydrogen (secondary N) is 1. The third-order valence-corrected chi connectivity index (χ3v) is 6.04. The van der Waals surface area contributed by atoms with Gasteiger partial charge in [-0.1, -0.05) is 48.5 Å². The zero-order chi connectivity index (χ0) is 23.5. The fourth-order valence-corrected chi connectivity index (χ4v) is 4.21. The summed E-state index contributed by atoms with van der Waals surface area (Å²) in [6, 6.07) is 23.1. The highest BCUT2D eigenvalue weighted by Gasteiger charge is 2.24. The molecule has 0 unspecified atom stereocenters. The third-order valence-electron chi connectivity index (χ3n) is 6.04. The first kappa shape index (κ1) is 21.6. The van der Waals surface area contributed by atoms with Crippen LogP contribution in [0.3, 0.4) is 0 Å². The van der Waals surface area contributed by atoms with Crippen molar-refractivity contribution in [2.45, 2.75) is 0 Å². The Morgan fingerprint density at radius 2 is 1.50 bits per heavy atom. The van der Waals surface area contributed by atoms with Crippen LogP contribution in [0.15, 0.2) is 85.1 Å². The number of nitrogens with zero attached hydrogens (tertiary/aromatic N) is 3. The Labute approximate surface area is 196 Å². The Kier molecular flexibility index (Phi) is 5.91. The number of pyridine rings is 1. The van der Waals surface area contributed by atoms with E-state index < -0.39 is 11.7 Å². The van der Waals surface area contributed by atoms with Gasteiger partial charge >= 0.3 is 0 Å². The van der Waals surface area contributed by atoms with E-state index >= 15 is 0 Å². The van der Waals surface area contributed by atoms with Crippen LogP contribution in [0.1, 0.15) is 20.7 Å². The van der Waals surface area contributed by atoms with Gasteiger partial charge in [0.25, 0.3) is 11.8 Å². The molecule has 0 spiro atoms. The molecule has 5 rings (SSSR count). The van der Waals surface area contributed by atoms with Crippen molar-refractivity contribution in [2.24, 2.45) is 0 Å². The van der Waals surface area contributed by atoms with Crippen LogP contribution in [0.25, 0.3) is 10.8 Å². The van der Waals surface area contributed by atoms with E-state index in [2.05, 4.69) is 15.2 Å². The Morgan fingerprint density at radius 1 is 0.794 bits per heavy atom. The fourth-order valence-electron chi connectivity index (χ4n) is 4.21. The first-order chi connectivity index (χ1) is 16.6. The summed E-state index contributed by atoms with van der Waals surface area (Å²) in [6.07, 6.45) is 1.56. The molecule has 2 heterocycles. The van der Waals surface area contributed by atoms with E-state index in [1.807, 2.05) is 53.4 Å². The number of piperazine rings is 1. The molecule has 1 saturated heterocycles. The van der Waals surface area contributed by atoms with Gasteiger partial charge in [0.1, 0.15) is 11.6 Å². The number of hydrogen-bond acceptors (Lipinski definition) is 4. The van der Waals surface area contributed by atoms with Crippen LogP contribution in [0.5, 0.6) is 0 Å². The molecule has 0 bridgehead atoms. The van der Waals surface area contributed by atoms with Gasteiger partial charge in [-0.2, -0.15) is 0 Å². The maximum atomic E-state index is 13.8. The molecule has 1 aromatic heterocycles.